The summed E-state index contributed by atoms with van der Waals surface area (Å²) in [6.45, 7) is 8.96. The minimum absolute atomic E-state index is 0.0301. The Bertz CT molecular complexity index is 868. The summed E-state index contributed by atoms with van der Waals surface area (Å²) in [4.78, 5) is 27.0. The average molecular weight is 383 g/mol. The Morgan fingerprint density at radius 1 is 1.25 bits per heavy atom. The SMILES string of the molecule is CN1CCc2nc([C@H]3CCCCN3C(=O)c3cc(C(C)(C)C)[nH]n3)ncc2C1. The Labute approximate surface area is 166 Å². The zero-order valence-electron chi connectivity index (χ0n) is 17.3. The maximum atomic E-state index is 13.2. The van der Waals surface area contributed by atoms with E-state index in [2.05, 4.69) is 47.9 Å². The third kappa shape index (κ3) is 3.68. The fourth-order valence-electron chi connectivity index (χ4n) is 4.04. The molecule has 2 aromatic rings. The van der Waals surface area contributed by atoms with Crippen LogP contribution in [0.2, 0.25) is 0 Å². The van der Waals surface area contributed by atoms with E-state index in [-0.39, 0.29) is 17.4 Å². The number of amides is 1. The van der Waals surface area contributed by atoms with Crippen LogP contribution in [-0.2, 0) is 18.4 Å². The summed E-state index contributed by atoms with van der Waals surface area (Å²) in [6, 6.07) is 1.82. The van der Waals surface area contributed by atoms with E-state index in [9.17, 15) is 4.79 Å². The van der Waals surface area contributed by atoms with Gasteiger partial charge in [-0.25, -0.2) is 9.97 Å². The van der Waals surface area contributed by atoms with Gasteiger partial charge in [-0.1, -0.05) is 20.8 Å². The van der Waals surface area contributed by atoms with Crippen LogP contribution in [0.1, 0.15) is 79.3 Å². The quantitative estimate of drug-likeness (QED) is 0.864. The molecular weight excluding hydrogens is 352 g/mol. The molecule has 0 radical (unpaired) electrons. The van der Waals surface area contributed by atoms with Crippen molar-refractivity contribution in [3.05, 3.63) is 40.7 Å². The molecule has 1 saturated heterocycles. The summed E-state index contributed by atoms with van der Waals surface area (Å²) in [6.07, 6.45) is 5.90. The number of rotatable bonds is 2. The van der Waals surface area contributed by atoms with Gasteiger partial charge in [0.25, 0.3) is 5.91 Å². The zero-order chi connectivity index (χ0) is 19.9. The molecule has 1 N–H and O–H groups in total. The summed E-state index contributed by atoms with van der Waals surface area (Å²) in [7, 11) is 2.12. The molecule has 4 heterocycles. The van der Waals surface area contributed by atoms with Gasteiger partial charge < -0.3 is 9.80 Å². The van der Waals surface area contributed by atoms with Crippen LogP contribution in [-0.4, -0.2) is 56.0 Å². The van der Waals surface area contributed by atoms with E-state index in [1.807, 2.05) is 17.2 Å². The number of nitrogens with one attached hydrogen (secondary N) is 1. The Hall–Kier alpha value is -2.28. The minimum Gasteiger partial charge on any atom is -0.327 e. The third-order valence-electron chi connectivity index (χ3n) is 5.81. The van der Waals surface area contributed by atoms with Crippen molar-refractivity contribution < 1.29 is 4.79 Å². The number of likely N-dealkylation sites (tertiary alicyclic amines) is 1. The molecular formula is C21H30N6O. The predicted octanol–water partition coefficient (Wildman–Crippen LogP) is 2.85. The van der Waals surface area contributed by atoms with Gasteiger partial charge in [-0.05, 0) is 32.4 Å². The molecule has 1 fully saturated rings. The molecule has 0 aromatic carbocycles. The van der Waals surface area contributed by atoms with Gasteiger partial charge in [0.1, 0.15) is 5.69 Å². The highest BCUT2D eigenvalue weighted by atomic mass is 16.2. The lowest BCUT2D eigenvalue weighted by atomic mass is 9.92. The number of aromatic amines is 1. The Morgan fingerprint density at radius 3 is 2.82 bits per heavy atom. The number of aromatic nitrogens is 4. The highest BCUT2D eigenvalue weighted by Crippen LogP contribution is 2.31. The molecule has 0 unspecified atom stereocenters. The lowest BCUT2D eigenvalue weighted by Crippen LogP contribution is -2.40. The molecule has 0 aliphatic carbocycles. The van der Waals surface area contributed by atoms with Crippen LogP contribution >= 0.6 is 0 Å². The van der Waals surface area contributed by atoms with Crippen LogP contribution in [0.4, 0.5) is 0 Å². The van der Waals surface area contributed by atoms with Gasteiger partial charge in [-0.15, -0.1) is 0 Å². The molecule has 4 rings (SSSR count). The Morgan fingerprint density at radius 2 is 2.07 bits per heavy atom. The normalized spacial score (nSPS) is 20.9. The first-order valence-corrected chi connectivity index (χ1v) is 10.2. The number of hydrogen-bond donors (Lipinski definition) is 1. The first-order chi connectivity index (χ1) is 13.3. The Balaban J connectivity index is 1.60. The molecule has 0 saturated carbocycles. The highest BCUT2D eigenvalue weighted by molar-refractivity contribution is 5.92. The van der Waals surface area contributed by atoms with E-state index in [1.54, 1.807) is 0 Å². The molecule has 2 aliphatic heterocycles. The zero-order valence-corrected chi connectivity index (χ0v) is 17.3. The second-order valence-electron chi connectivity index (χ2n) is 9.11. The van der Waals surface area contributed by atoms with Crippen molar-refractivity contribution in [2.24, 2.45) is 0 Å². The van der Waals surface area contributed by atoms with E-state index in [4.69, 9.17) is 4.98 Å². The second-order valence-corrected chi connectivity index (χ2v) is 9.11. The summed E-state index contributed by atoms with van der Waals surface area (Å²) in [5.41, 5.74) is 3.72. The fourth-order valence-corrected chi connectivity index (χ4v) is 4.04. The smallest absolute Gasteiger partial charge is 0.274 e. The first-order valence-electron chi connectivity index (χ1n) is 10.2. The lowest BCUT2D eigenvalue weighted by Gasteiger charge is -2.35. The lowest BCUT2D eigenvalue weighted by molar-refractivity contribution is 0.0593. The third-order valence-corrected chi connectivity index (χ3v) is 5.81. The van der Waals surface area contributed by atoms with Crippen molar-refractivity contribution in [2.75, 3.05) is 20.1 Å². The number of hydrogen-bond acceptors (Lipinski definition) is 5. The van der Waals surface area contributed by atoms with Crippen LogP contribution in [0.15, 0.2) is 12.3 Å². The van der Waals surface area contributed by atoms with Gasteiger partial charge >= 0.3 is 0 Å². The van der Waals surface area contributed by atoms with Crippen molar-refractivity contribution in [3.63, 3.8) is 0 Å². The van der Waals surface area contributed by atoms with E-state index in [0.717, 1.165) is 62.5 Å². The van der Waals surface area contributed by atoms with Gasteiger partial charge in [0, 0.05) is 54.6 Å². The van der Waals surface area contributed by atoms with Gasteiger partial charge in [0.2, 0.25) is 0 Å². The number of carbonyl (C=O) groups is 1. The average Bonchev–Trinajstić information content (AvgIpc) is 3.18. The molecule has 150 valence electrons. The number of nitrogens with zero attached hydrogens (tertiary/aromatic N) is 5. The van der Waals surface area contributed by atoms with Crippen LogP contribution in [0.25, 0.3) is 0 Å². The number of H-pyrrole nitrogens is 1. The van der Waals surface area contributed by atoms with Crippen molar-refractivity contribution in [3.8, 4) is 0 Å². The number of piperidine rings is 1. The van der Waals surface area contributed by atoms with Crippen molar-refractivity contribution >= 4 is 5.91 Å². The number of carbonyl (C=O) groups excluding carboxylic acids is 1. The van der Waals surface area contributed by atoms with Gasteiger partial charge in [-0.3, -0.25) is 9.89 Å². The maximum Gasteiger partial charge on any atom is 0.274 e. The largest absolute Gasteiger partial charge is 0.327 e. The predicted molar refractivity (Wildman–Crippen MR) is 107 cm³/mol. The van der Waals surface area contributed by atoms with Crippen molar-refractivity contribution in [1.82, 2.24) is 30.0 Å². The van der Waals surface area contributed by atoms with E-state index < -0.39 is 0 Å². The van der Waals surface area contributed by atoms with Gasteiger partial charge in [0.05, 0.1) is 6.04 Å². The molecule has 2 aliphatic rings. The molecule has 0 bridgehead atoms. The summed E-state index contributed by atoms with van der Waals surface area (Å²) in [5.74, 6) is 0.750. The highest BCUT2D eigenvalue weighted by Gasteiger charge is 2.33. The summed E-state index contributed by atoms with van der Waals surface area (Å²) >= 11 is 0. The molecule has 28 heavy (non-hydrogen) atoms. The van der Waals surface area contributed by atoms with E-state index >= 15 is 0 Å². The summed E-state index contributed by atoms with van der Waals surface area (Å²) < 4.78 is 0. The monoisotopic (exact) mass is 382 g/mol. The van der Waals surface area contributed by atoms with Gasteiger partial charge in [-0.2, -0.15) is 5.10 Å². The van der Waals surface area contributed by atoms with E-state index in [0.29, 0.717) is 5.69 Å². The van der Waals surface area contributed by atoms with E-state index in [1.165, 1.54) is 5.56 Å². The summed E-state index contributed by atoms with van der Waals surface area (Å²) in [5, 5.41) is 7.33. The minimum atomic E-state index is -0.0685. The molecule has 1 atom stereocenters. The van der Waals surface area contributed by atoms with Crippen LogP contribution < -0.4 is 0 Å². The molecule has 1 amide bonds. The topological polar surface area (TPSA) is 78.0 Å². The molecule has 0 spiro atoms. The number of likely N-dealkylation sites (N-methyl/N-ethyl adjacent to an activating group) is 1. The molecule has 7 heteroatoms. The van der Waals surface area contributed by atoms with Crippen LogP contribution in [0.3, 0.4) is 0 Å². The van der Waals surface area contributed by atoms with Crippen LogP contribution in [0.5, 0.6) is 0 Å². The molecule has 7 nitrogen and oxygen atoms in total. The number of fused-ring (bicyclic) bond motifs is 1. The van der Waals surface area contributed by atoms with Crippen molar-refractivity contribution in [2.45, 2.75) is 64.5 Å². The molecule has 2 aromatic heterocycles. The van der Waals surface area contributed by atoms with Gasteiger partial charge in [0.15, 0.2) is 5.82 Å². The second kappa shape index (κ2) is 7.28. The van der Waals surface area contributed by atoms with Crippen LogP contribution in [0, 0.1) is 0 Å². The Kier molecular flexibility index (Phi) is 4.95. The maximum absolute atomic E-state index is 13.2. The standard InChI is InChI=1S/C21H30N6O/c1-21(2,3)18-11-16(24-25-18)20(28)27-9-6-5-7-17(27)19-22-12-14-13-26(4)10-8-15(14)23-19/h11-12,17H,5-10,13H2,1-4H3,(H,24,25)/t17-/m1/s1. The fraction of sp³-hybridized carbons (Fsp3) is 0.619. The van der Waals surface area contributed by atoms with Crippen molar-refractivity contribution in [1.29, 1.82) is 0 Å². The first kappa shape index (κ1) is 19.1.